The Bertz CT molecular complexity index is 686. The summed E-state index contributed by atoms with van der Waals surface area (Å²) in [6.45, 7) is 5.77. The number of amides is 1. The minimum absolute atomic E-state index is 0.325. The van der Waals surface area contributed by atoms with Crippen molar-refractivity contribution in [1.29, 1.82) is 0 Å². The van der Waals surface area contributed by atoms with Crippen molar-refractivity contribution in [3.05, 3.63) is 29.6 Å². The van der Waals surface area contributed by atoms with Gasteiger partial charge in [-0.3, -0.25) is 0 Å². The summed E-state index contributed by atoms with van der Waals surface area (Å²) in [6.07, 6.45) is 0.673. The van der Waals surface area contributed by atoms with E-state index < -0.39 is 29.4 Å². The number of aromatic amines is 1. The van der Waals surface area contributed by atoms with E-state index >= 15 is 0 Å². The van der Waals surface area contributed by atoms with Crippen molar-refractivity contribution in [2.24, 2.45) is 5.73 Å². The molecule has 0 aliphatic rings. The van der Waals surface area contributed by atoms with Crippen LogP contribution in [0.5, 0.6) is 0 Å². The van der Waals surface area contributed by atoms with Gasteiger partial charge in [0.15, 0.2) is 11.6 Å². The number of H-pyrrole nitrogens is 1. The molecule has 2 rings (SSSR count). The molecule has 1 aromatic carbocycles. The van der Waals surface area contributed by atoms with Crippen molar-refractivity contribution in [2.45, 2.75) is 45.3 Å². The van der Waals surface area contributed by atoms with Crippen LogP contribution in [0.4, 0.5) is 13.6 Å². The van der Waals surface area contributed by atoms with Crippen LogP contribution in [0.2, 0.25) is 0 Å². The fourth-order valence-corrected chi connectivity index (χ4v) is 2.16. The van der Waals surface area contributed by atoms with E-state index in [0.29, 0.717) is 36.2 Å². The standard InChI is InChI=1S/C16H22F2N4O2/c1-16(2,3)24-15(23)20-6-4-5-11(19)14-21-12-7-9(17)10(18)8-13(12)22-14/h7-8,11H,4-6,19H2,1-3H3,(H,20,23)(H,21,22). The number of nitrogens with one attached hydrogen (secondary N) is 2. The lowest BCUT2D eigenvalue weighted by Gasteiger charge is -2.19. The number of halogens is 2. The number of alkyl carbamates (subject to hydrolysis) is 1. The topological polar surface area (TPSA) is 93.0 Å². The number of rotatable bonds is 5. The zero-order valence-corrected chi connectivity index (χ0v) is 14.0. The van der Waals surface area contributed by atoms with Gasteiger partial charge in [0.2, 0.25) is 0 Å². The molecule has 6 nitrogen and oxygen atoms in total. The summed E-state index contributed by atoms with van der Waals surface area (Å²) in [5.74, 6) is -1.43. The summed E-state index contributed by atoms with van der Waals surface area (Å²) >= 11 is 0. The molecular weight excluding hydrogens is 318 g/mol. The maximum atomic E-state index is 13.2. The number of benzene rings is 1. The number of imidazole rings is 1. The van der Waals surface area contributed by atoms with Crippen LogP contribution < -0.4 is 11.1 Å². The van der Waals surface area contributed by atoms with E-state index in [1.165, 1.54) is 0 Å². The fraction of sp³-hybridized carbons (Fsp3) is 0.500. The van der Waals surface area contributed by atoms with Gasteiger partial charge in [0.1, 0.15) is 11.4 Å². The monoisotopic (exact) mass is 340 g/mol. The SMILES string of the molecule is CC(C)(C)OC(=O)NCCCC(N)c1nc2cc(F)c(F)cc2[nH]1. The predicted molar refractivity (Wildman–Crippen MR) is 86.4 cm³/mol. The zero-order valence-electron chi connectivity index (χ0n) is 14.0. The molecule has 1 unspecified atom stereocenters. The molecule has 1 aromatic heterocycles. The minimum Gasteiger partial charge on any atom is -0.444 e. The molecule has 0 bridgehead atoms. The molecule has 0 radical (unpaired) electrons. The van der Waals surface area contributed by atoms with Gasteiger partial charge in [0.25, 0.3) is 0 Å². The number of hydrogen-bond acceptors (Lipinski definition) is 4. The lowest BCUT2D eigenvalue weighted by molar-refractivity contribution is 0.0526. The Morgan fingerprint density at radius 3 is 2.71 bits per heavy atom. The highest BCUT2D eigenvalue weighted by Crippen LogP contribution is 2.20. The van der Waals surface area contributed by atoms with Crippen molar-refractivity contribution in [1.82, 2.24) is 15.3 Å². The van der Waals surface area contributed by atoms with E-state index in [0.717, 1.165) is 12.1 Å². The molecule has 8 heteroatoms. The van der Waals surface area contributed by atoms with Crippen LogP contribution in [0.1, 0.15) is 45.5 Å². The summed E-state index contributed by atoms with van der Waals surface area (Å²) in [6, 6.07) is 1.66. The number of ether oxygens (including phenoxy) is 1. The van der Waals surface area contributed by atoms with E-state index in [1.807, 2.05) is 0 Å². The first-order valence-corrected chi connectivity index (χ1v) is 7.73. The van der Waals surface area contributed by atoms with Gasteiger partial charge < -0.3 is 20.8 Å². The molecule has 1 amide bonds. The van der Waals surface area contributed by atoms with E-state index in [-0.39, 0.29) is 0 Å². The molecule has 0 saturated carbocycles. The first kappa shape index (κ1) is 18.1. The maximum absolute atomic E-state index is 13.2. The molecule has 0 spiro atoms. The molecule has 2 aromatic rings. The normalized spacial score (nSPS) is 13.1. The number of hydrogen-bond donors (Lipinski definition) is 3. The van der Waals surface area contributed by atoms with Gasteiger partial charge in [0.05, 0.1) is 17.1 Å². The third-order valence-corrected chi connectivity index (χ3v) is 3.25. The van der Waals surface area contributed by atoms with Crippen molar-refractivity contribution in [3.8, 4) is 0 Å². The van der Waals surface area contributed by atoms with E-state index in [1.54, 1.807) is 20.8 Å². The number of aromatic nitrogens is 2. The second kappa shape index (κ2) is 7.12. The van der Waals surface area contributed by atoms with E-state index in [4.69, 9.17) is 10.5 Å². The van der Waals surface area contributed by atoms with Gasteiger partial charge >= 0.3 is 6.09 Å². The summed E-state index contributed by atoms with van der Waals surface area (Å²) < 4.78 is 31.5. The third-order valence-electron chi connectivity index (χ3n) is 3.25. The Balaban J connectivity index is 1.85. The van der Waals surface area contributed by atoms with Crippen LogP contribution >= 0.6 is 0 Å². The van der Waals surface area contributed by atoms with Gasteiger partial charge in [-0.05, 0) is 33.6 Å². The zero-order chi connectivity index (χ0) is 17.9. The molecule has 132 valence electrons. The molecule has 1 heterocycles. The van der Waals surface area contributed by atoms with Gasteiger partial charge in [0, 0.05) is 18.7 Å². The Morgan fingerprint density at radius 1 is 1.38 bits per heavy atom. The second-order valence-electron chi connectivity index (χ2n) is 6.58. The lowest BCUT2D eigenvalue weighted by atomic mass is 10.1. The molecule has 0 saturated heterocycles. The average molecular weight is 340 g/mol. The number of carbonyl (C=O) groups excluding carboxylic acids is 1. The largest absolute Gasteiger partial charge is 0.444 e. The Labute approximate surface area is 138 Å². The number of carbonyl (C=O) groups is 1. The quantitative estimate of drug-likeness (QED) is 0.729. The number of fused-ring (bicyclic) bond motifs is 1. The molecule has 24 heavy (non-hydrogen) atoms. The van der Waals surface area contributed by atoms with Crippen LogP contribution in [0.25, 0.3) is 11.0 Å². The van der Waals surface area contributed by atoms with E-state index in [2.05, 4.69) is 15.3 Å². The molecule has 0 aliphatic carbocycles. The molecule has 0 fully saturated rings. The maximum Gasteiger partial charge on any atom is 0.407 e. The smallest absolute Gasteiger partial charge is 0.407 e. The average Bonchev–Trinajstić information content (AvgIpc) is 2.85. The molecule has 0 aliphatic heterocycles. The lowest BCUT2D eigenvalue weighted by Crippen LogP contribution is -2.33. The highest BCUT2D eigenvalue weighted by molar-refractivity contribution is 5.75. The van der Waals surface area contributed by atoms with Gasteiger partial charge in [-0.15, -0.1) is 0 Å². The number of nitrogens with zero attached hydrogens (tertiary/aromatic N) is 1. The Kier molecular flexibility index (Phi) is 5.38. The third kappa shape index (κ3) is 4.89. The van der Waals surface area contributed by atoms with Crippen LogP contribution in [0, 0.1) is 11.6 Å². The van der Waals surface area contributed by atoms with Gasteiger partial charge in [-0.2, -0.15) is 0 Å². The highest BCUT2D eigenvalue weighted by atomic mass is 19.2. The van der Waals surface area contributed by atoms with Gasteiger partial charge in [-0.1, -0.05) is 0 Å². The highest BCUT2D eigenvalue weighted by Gasteiger charge is 2.16. The van der Waals surface area contributed by atoms with Crippen LogP contribution in [-0.2, 0) is 4.74 Å². The van der Waals surface area contributed by atoms with Gasteiger partial charge in [-0.25, -0.2) is 18.6 Å². The van der Waals surface area contributed by atoms with Crippen LogP contribution in [0.3, 0.4) is 0 Å². The van der Waals surface area contributed by atoms with Crippen LogP contribution in [-0.4, -0.2) is 28.2 Å². The summed E-state index contributed by atoms with van der Waals surface area (Å²) in [4.78, 5) is 18.6. The first-order chi connectivity index (χ1) is 11.2. The number of nitrogens with two attached hydrogens (primary N) is 1. The molecular formula is C16H22F2N4O2. The molecule has 4 N–H and O–H groups in total. The van der Waals surface area contributed by atoms with Crippen molar-refractivity contribution >= 4 is 17.1 Å². The van der Waals surface area contributed by atoms with Crippen molar-refractivity contribution < 1.29 is 18.3 Å². The predicted octanol–water partition coefficient (Wildman–Crippen LogP) is 3.15. The Hall–Kier alpha value is -2.22. The first-order valence-electron chi connectivity index (χ1n) is 7.73. The summed E-state index contributed by atoms with van der Waals surface area (Å²) in [5.41, 5.74) is 6.21. The van der Waals surface area contributed by atoms with Crippen molar-refractivity contribution in [3.63, 3.8) is 0 Å². The molecule has 1 atom stereocenters. The minimum atomic E-state index is -0.948. The summed E-state index contributed by atoms with van der Waals surface area (Å²) in [7, 11) is 0. The summed E-state index contributed by atoms with van der Waals surface area (Å²) in [5, 5.41) is 2.64. The van der Waals surface area contributed by atoms with Crippen molar-refractivity contribution in [2.75, 3.05) is 6.54 Å². The van der Waals surface area contributed by atoms with E-state index in [9.17, 15) is 13.6 Å². The van der Waals surface area contributed by atoms with Crippen LogP contribution in [0.15, 0.2) is 12.1 Å². The second-order valence-corrected chi connectivity index (χ2v) is 6.58. The fourth-order valence-electron chi connectivity index (χ4n) is 2.16. The Morgan fingerprint density at radius 2 is 2.04 bits per heavy atom.